The third-order valence-corrected chi connectivity index (χ3v) is 2.88. The summed E-state index contributed by atoms with van der Waals surface area (Å²) >= 11 is 0. The molecule has 1 rings (SSSR count). The molecular weight excluding hydrogens is 269 g/mol. The molecule has 0 bridgehead atoms. The summed E-state index contributed by atoms with van der Waals surface area (Å²) in [5, 5.41) is 2.65. The third-order valence-electron chi connectivity index (χ3n) is 2.88. The molecule has 0 fully saturated rings. The van der Waals surface area contributed by atoms with E-state index in [2.05, 4.69) is 5.32 Å². The largest absolute Gasteiger partial charge is 0.416 e. The minimum atomic E-state index is -4.34. The van der Waals surface area contributed by atoms with E-state index in [-0.39, 0.29) is 24.9 Å². The number of carbonyl (C=O) groups is 1. The SMILES string of the molecule is CCCC(N)CC(=O)NCc1ccc(C(F)(F)F)cc1. The summed E-state index contributed by atoms with van der Waals surface area (Å²) in [5.74, 6) is -0.189. The van der Waals surface area contributed by atoms with Gasteiger partial charge in [0, 0.05) is 19.0 Å². The predicted molar refractivity (Wildman–Crippen MR) is 70.8 cm³/mol. The third kappa shape index (κ3) is 5.61. The predicted octanol–water partition coefficient (Wildman–Crippen LogP) is 2.84. The minimum absolute atomic E-state index is 0.174. The number of hydrogen-bond donors (Lipinski definition) is 2. The fourth-order valence-corrected chi connectivity index (χ4v) is 1.80. The molecule has 0 aromatic heterocycles. The Kier molecular flexibility index (Phi) is 6.01. The summed E-state index contributed by atoms with van der Waals surface area (Å²) in [6.07, 6.45) is -2.43. The molecule has 0 heterocycles. The average Bonchev–Trinajstić information content (AvgIpc) is 2.36. The van der Waals surface area contributed by atoms with Gasteiger partial charge in [-0.15, -0.1) is 0 Å². The Bertz CT molecular complexity index is 429. The fraction of sp³-hybridized carbons (Fsp3) is 0.500. The van der Waals surface area contributed by atoms with E-state index in [1.165, 1.54) is 12.1 Å². The number of carbonyl (C=O) groups excluding carboxylic acids is 1. The molecule has 0 aliphatic rings. The number of benzene rings is 1. The molecule has 0 aliphatic heterocycles. The molecule has 0 saturated heterocycles. The van der Waals surface area contributed by atoms with Crippen molar-refractivity contribution in [1.29, 1.82) is 0 Å². The number of hydrogen-bond acceptors (Lipinski definition) is 2. The Morgan fingerprint density at radius 1 is 1.30 bits per heavy atom. The topological polar surface area (TPSA) is 55.1 Å². The highest BCUT2D eigenvalue weighted by Gasteiger charge is 2.29. The second kappa shape index (κ2) is 7.28. The Morgan fingerprint density at radius 3 is 2.40 bits per heavy atom. The van der Waals surface area contributed by atoms with Crippen LogP contribution in [-0.4, -0.2) is 11.9 Å². The van der Waals surface area contributed by atoms with Crippen molar-refractivity contribution >= 4 is 5.91 Å². The van der Waals surface area contributed by atoms with Gasteiger partial charge in [0.1, 0.15) is 0 Å². The van der Waals surface area contributed by atoms with Crippen molar-refractivity contribution in [1.82, 2.24) is 5.32 Å². The number of amides is 1. The molecule has 0 radical (unpaired) electrons. The van der Waals surface area contributed by atoms with Crippen LogP contribution in [0, 0.1) is 0 Å². The Hall–Kier alpha value is -1.56. The van der Waals surface area contributed by atoms with Crippen LogP contribution < -0.4 is 11.1 Å². The highest BCUT2D eigenvalue weighted by molar-refractivity contribution is 5.76. The molecule has 112 valence electrons. The summed E-state index contributed by atoms with van der Waals surface area (Å²) < 4.78 is 37.1. The minimum Gasteiger partial charge on any atom is -0.352 e. The van der Waals surface area contributed by atoms with Gasteiger partial charge in [-0.3, -0.25) is 4.79 Å². The van der Waals surface area contributed by atoms with Crippen LogP contribution in [0.3, 0.4) is 0 Å². The van der Waals surface area contributed by atoms with Gasteiger partial charge in [-0.05, 0) is 24.1 Å². The van der Waals surface area contributed by atoms with Crippen LogP contribution in [0.15, 0.2) is 24.3 Å². The smallest absolute Gasteiger partial charge is 0.352 e. The lowest BCUT2D eigenvalue weighted by atomic mass is 10.1. The molecule has 1 atom stereocenters. The zero-order valence-electron chi connectivity index (χ0n) is 11.3. The lowest BCUT2D eigenvalue weighted by Gasteiger charge is -2.11. The molecule has 0 saturated carbocycles. The van der Waals surface area contributed by atoms with E-state index in [1.54, 1.807) is 0 Å². The second-order valence-electron chi connectivity index (χ2n) is 4.72. The van der Waals surface area contributed by atoms with Gasteiger partial charge >= 0.3 is 6.18 Å². The van der Waals surface area contributed by atoms with Gasteiger partial charge in [0.05, 0.1) is 5.56 Å². The number of rotatable bonds is 6. The molecule has 1 aromatic rings. The Balaban J connectivity index is 2.44. The summed E-state index contributed by atoms with van der Waals surface area (Å²) in [6, 6.07) is 4.55. The maximum absolute atomic E-state index is 12.4. The molecule has 0 aliphatic carbocycles. The van der Waals surface area contributed by atoms with Gasteiger partial charge < -0.3 is 11.1 Å². The molecule has 3 N–H and O–H groups in total. The van der Waals surface area contributed by atoms with Crippen molar-refractivity contribution in [3.05, 3.63) is 35.4 Å². The van der Waals surface area contributed by atoms with Crippen LogP contribution in [0.2, 0.25) is 0 Å². The van der Waals surface area contributed by atoms with Crippen molar-refractivity contribution in [3.8, 4) is 0 Å². The van der Waals surface area contributed by atoms with E-state index in [0.29, 0.717) is 5.56 Å². The Labute approximate surface area is 116 Å². The van der Waals surface area contributed by atoms with Crippen molar-refractivity contribution in [2.24, 2.45) is 5.73 Å². The first-order valence-corrected chi connectivity index (χ1v) is 6.51. The first-order chi connectivity index (χ1) is 9.32. The molecule has 0 spiro atoms. The van der Waals surface area contributed by atoms with Crippen LogP contribution in [-0.2, 0) is 17.5 Å². The quantitative estimate of drug-likeness (QED) is 0.845. The molecule has 20 heavy (non-hydrogen) atoms. The van der Waals surface area contributed by atoms with Crippen LogP contribution in [0.4, 0.5) is 13.2 Å². The van der Waals surface area contributed by atoms with E-state index < -0.39 is 11.7 Å². The van der Waals surface area contributed by atoms with Crippen LogP contribution in [0.5, 0.6) is 0 Å². The summed E-state index contributed by atoms with van der Waals surface area (Å²) in [4.78, 5) is 11.6. The normalized spacial score (nSPS) is 13.1. The van der Waals surface area contributed by atoms with E-state index in [0.717, 1.165) is 25.0 Å². The molecule has 1 aromatic carbocycles. The average molecular weight is 288 g/mol. The standard InChI is InChI=1S/C14H19F3N2O/c1-2-3-12(18)8-13(20)19-9-10-4-6-11(7-5-10)14(15,16)17/h4-7,12H,2-3,8-9,18H2,1H3,(H,19,20). The fourth-order valence-electron chi connectivity index (χ4n) is 1.80. The molecule has 1 unspecified atom stereocenters. The van der Waals surface area contributed by atoms with Gasteiger partial charge in [-0.25, -0.2) is 0 Å². The van der Waals surface area contributed by atoms with E-state index in [1.807, 2.05) is 6.92 Å². The maximum Gasteiger partial charge on any atom is 0.416 e. The zero-order chi connectivity index (χ0) is 15.2. The van der Waals surface area contributed by atoms with Gasteiger partial charge in [0.25, 0.3) is 0 Å². The number of nitrogens with one attached hydrogen (secondary N) is 1. The van der Waals surface area contributed by atoms with Crippen molar-refractivity contribution < 1.29 is 18.0 Å². The lowest BCUT2D eigenvalue weighted by molar-refractivity contribution is -0.137. The highest BCUT2D eigenvalue weighted by atomic mass is 19.4. The lowest BCUT2D eigenvalue weighted by Crippen LogP contribution is -2.31. The molecule has 3 nitrogen and oxygen atoms in total. The number of alkyl halides is 3. The van der Waals surface area contributed by atoms with Crippen LogP contribution in [0.25, 0.3) is 0 Å². The second-order valence-corrected chi connectivity index (χ2v) is 4.72. The number of halogens is 3. The van der Waals surface area contributed by atoms with E-state index in [4.69, 9.17) is 5.73 Å². The van der Waals surface area contributed by atoms with Crippen molar-refractivity contribution in [3.63, 3.8) is 0 Å². The summed E-state index contributed by atoms with van der Waals surface area (Å²) in [5.41, 5.74) is 5.66. The Morgan fingerprint density at radius 2 is 1.90 bits per heavy atom. The van der Waals surface area contributed by atoms with Gasteiger partial charge in [-0.1, -0.05) is 25.5 Å². The summed E-state index contributed by atoms with van der Waals surface area (Å²) in [6.45, 7) is 2.19. The monoisotopic (exact) mass is 288 g/mol. The van der Waals surface area contributed by atoms with Crippen LogP contribution in [0.1, 0.15) is 37.3 Å². The van der Waals surface area contributed by atoms with Crippen molar-refractivity contribution in [2.75, 3.05) is 0 Å². The van der Waals surface area contributed by atoms with Gasteiger partial charge in [-0.2, -0.15) is 13.2 Å². The van der Waals surface area contributed by atoms with E-state index in [9.17, 15) is 18.0 Å². The molecular formula is C14H19F3N2O. The first-order valence-electron chi connectivity index (χ1n) is 6.51. The molecule has 1 amide bonds. The first kappa shape index (κ1) is 16.5. The van der Waals surface area contributed by atoms with Gasteiger partial charge in [0.2, 0.25) is 5.91 Å². The van der Waals surface area contributed by atoms with Gasteiger partial charge in [0.15, 0.2) is 0 Å². The van der Waals surface area contributed by atoms with Crippen LogP contribution >= 0.6 is 0 Å². The zero-order valence-corrected chi connectivity index (χ0v) is 11.3. The highest BCUT2D eigenvalue weighted by Crippen LogP contribution is 2.28. The summed E-state index contributed by atoms with van der Waals surface area (Å²) in [7, 11) is 0. The van der Waals surface area contributed by atoms with Crippen molar-refractivity contribution in [2.45, 2.75) is 44.9 Å². The van der Waals surface area contributed by atoms with E-state index >= 15 is 0 Å². The molecule has 6 heteroatoms. The number of nitrogens with two attached hydrogens (primary N) is 1. The maximum atomic E-state index is 12.4.